The molecule has 4 aromatic rings. The number of hydrogen-bond donors (Lipinski definition) is 3. The number of nitrogens with zero attached hydrogens (tertiary/aromatic N) is 6. The van der Waals surface area contributed by atoms with E-state index in [2.05, 4.69) is 44.4 Å². The third-order valence-corrected chi connectivity index (χ3v) is 11.8. The first-order chi connectivity index (χ1) is 23.8. The number of anilines is 4. The normalized spacial score (nSPS) is 21.3. The number of ether oxygens (including phenoxy) is 1. The largest absolute Gasteiger partial charge is 0.392 e. The van der Waals surface area contributed by atoms with Gasteiger partial charge in [0.05, 0.1) is 42.6 Å². The number of hydrazine groups is 1. The summed E-state index contributed by atoms with van der Waals surface area (Å²) in [6.45, 7) is 8.22. The minimum Gasteiger partial charge on any atom is -0.392 e. The fourth-order valence-electron chi connectivity index (χ4n) is 7.75. The Kier molecular flexibility index (Phi) is 8.48. The van der Waals surface area contributed by atoms with Crippen molar-refractivity contribution in [2.45, 2.75) is 70.8 Å². The molecule has 12 nitrogen and oxygen atoms in total. The van der Waals surface area contributed by atoms with Crippen LogP contribution in [-0.2, 0) is 37.8 Å². The summed E-state index contributed by atoms with van der Waals surface area (Å²) in [5.74, 6) is 0.753. The first kappa shape index (κ1) is 32.1. The van der Waals surface area contributed by atoms with Crippen LogP contribution in [0, 0.1) is 0 Å². The van der Waals surface area contributed by atoms with Crippen LogP contribution in [-0.4, -0.2) is 74.9 Å². The van der Waals surface area contributed by atoms with Gasteiger partial charge in [0.15, 0.2) is 5.82 Å². The molecular weight excluding hydrogens is 641 g/mol. The van der Waals surface area contributed by atoms with E-state index in [9.17, 15) is 14.7 Å². The highest BCUT2D eigenvalue weighted by molar-refractivity contribution is 7.14. The fourth-order valence-corrected chi connectivity index (χ4v) is 9.09. The average Bonchev–Trinajstić information content (AvgIpc) is 3.47. The zero-order valence-electron chi connectivity index (χ0n) is 28.1. The summed E-state index contributed by atoms with van der Waals surface area (Å²) in [7, 11) is 1.70. The molecule has 0 saturated carbocycles. The molecule has 0 aromatic carbocycles. The maximum absolute atomic E-state index is 13.8. The van der Waals surface area contributed by atoms with E-state index in [0.29, 0.717) is 58.7 Å². The van der Waals surface area contributed by atoms with Crippen molar-refractivity contribution in [3.63, 3.8) is 0 Å². The summed E-state index contributed by atoms with van der Waals surface area (Å²) in [4.78, 5) is 43.4. The summed E-state index contributed by atoms with van der Waals surface area (Å²) >= 11 is 1.60. The standard InChI is InChI=1S/C36H42N8O4S/c1-21-16-43(25-19-48-20-25)22(2)15-42(21)24-8-9-32(38-13-24)40-30-12-23(17-41(3)35(30)46)26-10-11-37-34(29(26)18-45)44-36(47)33-28(14-39-44)27-6-4-5-7-31(27)49-33/h8-13,17,21-22,25,39,45H,4-7,14-16,18-20H2,1-3H3,(H,38,40)/t21-,22+/m0/s1. The Hall–Kier alpha value is -4.14. The van der Waals surface area contributed by atoms with Crippen LogP contribution in [0.3, 0.4) is 0 Å². The van der Waals surface area contributed by atoms with Crippen LogP contribution in [0.1, 0.15) is 57.9 Å². The molecule has 7 heterocycles. The molecule has 1 amide bonds. The number of carbonyl (C=O) groups is 1. The van der Waals surface area contributed by atoms with Gasteiger partial charge in [-0.1, -0.05) is 0 Å². The fraction of sp³-hybridized carbons (Fsp3) is 0.444. The summed E-state index contributed by atoms with van der Waals surface area (Å²) in [6, 6.07) is 8.77. The van der Waals surface area contributed by atoms with E-state index in [4.69, 9.17) is 4.74 Å². The Morgan fingerprint density at radius 1 is 1.06 bits per heavy atom. The average molecular weight is 683 g/mol. The molecule has 0 bridgehead atoms. The maximum Gasteiger partial charge on any atom is 0.284 e. The topological polar surface area (TPSA) is 128 Å². The molecule has 49 heavy (non-hydrogen) atoms. The Balaban J connectivity index is 1.04. The van der Waals surface area contributed by atoms with E-state index in [1.807, 2.05) is 18.3 Å². The van der Waals surface area contributed by atoms with Crippen molar-refractivity contribution in [2.75, 3.05) is 41.5 Å². The summed E-state index contributed by atoms with van der Waals surface area (Å²) < 4.78 is 6.95. The van der Waals surface area contributed by atoms with Crippen LogP contribution in [0.5, 0.6) is 0 Å². The number of pyridine rings is 3. The number of aryl methyl sites for hydroxylation is 2. The van der Waals surface area contributed by atoms with E-state index < -0.39 is 0 Å². The molecule has 0 radical (unpaired) electrons. The quantitative estimate of drug-likeness (QED) is 0.264. The van der Waals surface area contributed by atoms with Gasteiger partial charge in [0, 0.05) is 67.2 Å². The van der Waals surface area contributed by atoms with Crippen molar-refractivity contribution in [1.29, 1.82) is 0 Å². The highest BCUT2D eigenvalue weighted by atomic mass is 32.1. The van der Waals surface area contributed by atoms with Crippen molar-refractivity contribution in [1.82, 2.24) is 24.9 Å². The van der Waals surface area contributed by atoms with E-state index in [1.165, 1.54) is 20.0 Å². The lowest BCUT2D eigenvalue weighted by Gasteiger charge is -2.50. The van der Waals surface area contributed by atoms with E-state index in [0.717, 1.165) is 68.1 Å². The third-order valence-electron chi connectivity index (χ3n) is 10.5. The van der Waals surface area contributed by atoms with Gasteiger partial charge in [-0.15, -0.1) is 11.3 Å². The molecule has 0 spiro atoms. The molecule has 0 unspecified atom stereocenters. The van der Waals surface area contributed by atoms with E-state index in [-0.39, 0.29) is 18.1 Å². The second-order valence-corrected chi connectivity index (χ2v) is 14.7. The lowest BCUT2D eigenvalue weighted by molar-refractivity contribution is -0.0828. The van der Waals surface area contributed by atoms with Gasteiger partial charge in [0.1, 0.15) is 11.5 Å². The number of amides is 1. The Morgan fingerprint density at radius 3 is 2.65 bits per heavy atom. The van der Waals surface area contributed by atoms with Crippen LogP contribution in [0.2, 0.25) is 0 Å². The smallest absolute Gasteiger partial charge is 0.284 e. The molecule has 2 fully saturated rings. The lowest BCUT2D eigenvalue weighted by Crippen LogP contribution is -2.63. The van der Waals surface area contributed by atoms with Crippen LogP contribution < -0.4 is 26.2 Å². The predicted molar refractivity (Wildman–Crippen MR) is 191 cm³/mol. The van der Waals surface area contributed by atoms with Gasteiger partial charge in [-0.2, -0.15) is 0 Å². The number of fused-ring (bicyclic) bond motifs is 3. The van der Waals surface area contributed by atoms with Gasteiger partial charge in [0.25, 0.3) is 11.5 Å². The Morgan fingerprint density at radius 2 is 1.90 bits per heavy atom. The number of rotatable bonds is 7. The molecule has 8 rings (SSSR count). The van der Waals surface area contributed by atoms with Crippen LogP contribution in [0.25, 0.3) is 11.1 Å². The summed E-state index contributed by atoms with van der Waals surface area (Å²) in [5.41, 5.74) is 8.75. The second-order valence-electron chi connectivity index (χ2n) is 13.6. The van der Waals surface area contributed by atoms with Gasteiger partial charge in [-0.3, -0.25) is 14.5 Å². The number of hydrogen-bond acceptors (Lipinski definition) is 11. The van der Waals surface area contributed by atoms with Gasteiger partial charge in [0.2, 0.25) is 0 Å². The zero-order valence-corrected chi connectivity index (χ0v) is 28.9. The highest BCUT2D eigenvalue weighted by Gasteiger charge is 2.37. The number of piperazine rings is 1. The van der Waals surface area contributed by atoms with Crippen molar-refractivity contribution < 1.29 is 14.6 Å². The molecule has 13 heteroatoms. The molecule has 1 aliphatic carbocycles. The second kappa shape index (κ2) is 13.0. The van der Waals surface area contributed by atoms with E-state index >= 15 is 0 Å². The predicted octanol–water partition coefficient (Wildman–Crippen LogP) is 3.98. The number of aliphatic hydroxyl groups is 1. The Labute approximate surface area is 289 Å². The van der Waals surface area contributed by atoms with Gasteiger partial charge < -0.3 is 24.6 Å². The molecular formula is C36H42N8O4S. The maximum atomic E-state index is 13.8. The van der Waals surface area contributed by atoms with Crippen LogP contribution in [0.15, 0.2) is 47.7 Å². The number of aromatic nitrogens is 3. The first-order valence-electron chi connectivity index (χ1n) is 17.1. The summed E-state index contributed by atoms with van der Waals surface area (Å²) in [5, 5.41) is 15.3. The minimum atomic E-state index is -0.341. The molecule has 3 N–H and O–H groups in total. The van der Waals surface area contributed by atoms with Crippen LogP contribution >= 0.6 is 11.3 Å². The SMILES string of the molecule is C[C@@H]1CN(c2ccc(Nc3cc(-c4ccnc(N5NCc6c(sc7c6CCCC7)C5=O)c4CO)cn(C)c3=O)nc2)[C@@H](C)CN1C1COC1. The van der Waals surface area contributed by atoms with Crippen LogP contribution in [0.4, 0.5) is 23.0 Å². The molecule has 4 aromatic heterocycles. The van der Waals surface area contributed by atoms with Crippen molar-refractivity contribution in [2.24, 2.45) is 7.05 Å². The van der Waals surface area contributed by atoms with Crippen molar-refractivity contribution >= 4 is 40.3 Å². The molecule has 256 valence electrons. The lowest BCUT2D eigenvalue weighted by atomic mass is 9.94. The molecule has 3 aliphatic heterocycles. The number of aliphatic hydroxyl groups excluding tert-OH is 1. The number of carbonyl (C=O) groups excluding carboxylic acids is 1. The minimum absolute atomic E-state index is 0.156. The third kappa shape index (κ3) is 5.73. The van der Waals surface area contributed by atoms with Gasteiger partial charge in [-0.05, 0) is 80.5 Å². The Bertz CT molecular complexity index is 1960. The highest BCUT2D eigenvalue weighted by Crippen LogP contribution is 2.39. The van der Waals surface area contributed by atoms with Gasteiger partial charge >= 0.3 is 0 Å². The summed E-state index contributed by atoms with van der Waals surface area (Å²) in [6.07, 6.45) is 9.56. The first-order valence-corrected chi connectivity index (χ1v) is 18.0. The van der Waals surface area contributed by atoms with E-state index in [1.54, 1.807) is 42.9 Å². The number of nitrogens with one attached hydrogen (secondary N) is 2. The van der Waals surface area contributed by atoms with Gasteiger partial charge in [-0.25, -0.2) is 20.4 Å². The van der Waals surface area contributed by atoms with Crippen molar-refractivity contribution in [3.8, 4) is 11.1 Å². The number of thiophene rings is 1. The van der Waals surface area contributed by atoms with Crippen molar-refractivity contribution in [3.05, 3.63) is 79.7 Å². The molecule has 2 saturated heterocycles. The zero-order chi connectivity index (χ0) is 33.8. The molecule has 2 atom stereocenters. The molecule has 4 aliphatic rings. The monoisotopic (exact) mass is 682 g/mol.